The summed E-state index contributed by atoms with van der Waals surface area (Å²) in [7, 11) is -2.86. The van der Waals surface area contributed by atoms with E-state index in [9.17, 15) is 13.2 Å². The minimum Gasteiger partial charge on any atom is -0.396 e. The van der Waals surface area contributed by atoms with E-state index in [2.05, 4.69) is 12.2 Å². The van der Waals surface area contributed by atoms with E-state index in [0.717, 1.165) is 12.8 Å². The van der Waals surface area contributed by atoms with Crippen molar-refractivity contribution in [3.05, 3.63) is 0 Å². The van der Waals surface area contributed by atoms with E-state index < -0.39 is 9.84 Å². The van der Waals surface area contributed by atoms with E-state index in [0.29, 0.717) is 31.1 Å². The molecule has 1 fully saturated rings. The molecule has 1 amide bonds. The van der Waals surface area contributed by atoms with Gasteiger partial charge >= 0.3 is 0 Å². The normalized spacial score (nSPS) is 22.6. The van der Waals surface area contributed by atoms with Crippen LogP contribution in [0.2, 0.25) is 0 Å². The Morgan fingerprint density at radius 2 is 2.20 bits per heavy atom. The number of hydrogen-bond donors (Lipinski definition) is 2. The molecule has 2 unspecified atom stereocenters. The van der Waals surface area contributed by atoms with Gasteiger partial charge in [0.1, 0.15) is 0 Å². The molecule has 7 heteroatoms. The van der Waals surface area contributed by atoms with E-state index >= 15 is 0 Å². The average Bonchev–Trinajstić information content (AvgIpc) is 2.74. The largest absolute Gasteiger partial charge is 0.396 e. The number of amides is 1. The maximum absolute atomic E-state index is 11.7. The van der Waals surface area contributed by atoms with Crippen molar-refractivity contribution in [2.24, 2.45) is 5.92 Å². The van der Waals surface area contributed by atoms with Crippen LogP contribution in [0.25, 0.3) is 0 Å². The summed E-state index contributed by atoms with van der Waals surface area (Å²) in [5.41, 5.74) is 0. The van der Waals surface area contributed by atoms with Gasteiger partial charge < -0.3 is 10.4 Å². The number of aliphatic hydroxyl groups excluding tert-OH is 1. The molecule has 1 aliphatic rings. The molecule has 0 aromatic rings. The molecule has 0 radical (unpaired) electrons. The predicted octanol–water partition coefficient (Wildman–Crippen LogP) is 0.822. The first-order valence-electron chi connectivity index (χ1n) is 7.16. The SMILES string of the molecule is CCCC(CCO)CNC(=O)CSC1CCS(=O)(=O)C1. The van der Waals surface area contributed by atoms with Gasteiger partial charge in [0.25, 0.3) is 0 Å². The van der Waals surface area contributed by atoms with Gasteiger partial charge in [-0.15, -0.1) is 11.8 Å². The molecule has 0 saturated carbocycles. The standard InChI is InChI=1S/C13H25NO4S2/c1-2-3-11(4-6-15)8-14-13(16)9-19-12-5-7-20(17,18)10-12/h11-12,15H,2-10H2,1H3,(H,14,16). The molecule has 0 aromatic heterocycles. The van der Waals surface area contributed by atoms with Crippen molar-refractivity contribution < 1.29 is 18.3 Å². The molecule has 1 heterocycles. The van der Waals surface area contributed by atoms with E-state index in [1.807, 2.05) is 0 Å². The molecule has 20 heavy (non-hydrogen) atoms. The Morgan fingerprint density at radius 1 is 1.45 bits per heavy atom. The van der Waals surface area contributed by atoms with Crippen LogP contribution >= 0.6 is 11.8 Å². The third kappa shape index (κ3) is 6.95. The Kier molecular flexibility index (Phi) is 7.91. The zero-order valence-electron chi connectivity index (χ0n) is 12.0. The summed E-state index contributed by atoms with van der Waals surface area (Å²) in [5.74, 6) is 1.05. The van der Waals surface area contributed by atoms with Crippen molar-refractivity contribution in [2.75, 3.05) is 30.4 Å². The van der Waals surface area contributed by atoms with E-state index in [1.165, 1.54) is 11.8 Å². The van der Waals surface area contributed by atoms with Crippen LogP contribution < -0.4 is 5.32 Å². The molecule has 0 spiro atoms. The topological polar surface area (TPSA) is 83.5 Å². The summed E-state index contributed by atoms with van der Waals surface area (Å²) < 4.78 is 22.6. The van der Waals surface area contributed by atoms with E-state index in [-0.39, 0.29) is 29.3 Å². The number of thioether (sulfide) groups is 1. The summed E-state index contributed by atoms with van der Waals surface area (Å²) in [6.07, 6.45) is 3.40. The third-order valence-corrected chi connectivity index (χ3v) is 6.74. The van der Waals surface area contributed by atoms with Gasteiger partial charge in [0.2, 0.25) is 5.91 Å². The summed E-state index contributed by atoms with van der Waals surface area (Å²) in [6.45, 7) is 2.83. The molecule has 0 aliphatic carbocycles. The molecule has 2 atom stereocenters. The second-order valence-corrected chi connectivity index (χ2v) is 8.82. The lowest BCUT2D eigenvalue weighted by molar-refractivity contribution is -0.118. The number of hydrogen-bond acceptors (Lipinski definition) is 5. The fraction of sp³-hybridized carbons (Fsp3) is 0.923. The Hall–Kier alpha value is -0.270. The van der Waals surface area contributed by atoms with Crippen LogP contribution in [0.15, 0.2) is 0 Å². The molecular formula is C13H25NO4S2. The van der Waals surface area contributed by atoms with Gasteiger partial charge in [0, 0.05) is 18.4 Å². The quantitative estimate of drug-likeness (QED) is 0.656. The second kappa shape index (κ2) is 8.89. The van der Waals surface area contributed by atoms with Crippen LogP contribution in [0, 0.1) is 5.92 Å². The lowest BCUT2D eigenvalue weighted by atomic mass is 10.0. The highest BCUT2D eigenvalue weighted by Crippen LogP contribution is 2.24. The number of sulfone groups is 1. The van der Waals surface area contributed by atoms with E-state index in [4.69, 9.17) is 5.11 Å². The van der Waals surface area contributed by atoms with Crippen LogP contribution in [0.4, 0.5) is 0 Å². The van der Waals surface area contributed by atoms with Crippen LogP contribution in [-0.2, 0) is 14.6 Å². The highest BCUT2D eigenvalue weighted by atomic mass is 32.2. The molecule has 0 bridgehead atoms. The number of carbonyl (C=O) groups excluding carboxylic acids is 1. The first kappa shape index (κ1) is 17.8. The molecule has 1 aliphatic heterocycles. The average molecular weight is 323 g/mol. The smallest absolute Gasteiger partial charge is 0.230 e. The third-order valence-electron chi connectivity index (χ3n) is 3.46. The molecular weight excluding hydrogens is 298 g/mol. The molecule has 2 N–H and O–H groups in total. The molecule has 118 valence electrons. The Labute approximate surface area is 125 Å². The summed E-state index contributed by atoms with van der Waals surface area (Å²) >= 11 is 1.43. The number of rotatable bonds is 9. The van der Waals surface area contributed by atoms with Gasteiger partial charge in [-0.05, 0) is 25.2 Å². The monoisotopic (exact) mass is 323 g/mol. The van der Waals surface area contributed by atoms with Crippen molar-refractivity contribution in [1.29, 1.82) is 0 Å². The maximum Gasteiger partial charge on any atom is 0.230 e. The first-order chi connectivity index (χ1) is 9.46. The molecule has 5 nitrogen and oxygen atoms in total. The zero-order valence-corrected chi connectivity index (χ0v) is 13.6. The molecule has 1 rings (SSSR count). The van der Waals surface area contributed by atoms with Crippen molar-refractivity contribution >= 4 is 27.5 Å². The summed E-state index contributed by atoms with van der Waals surface area (Å²) in [4.78, 5) is 11.7. The zero-order chi connectivity index (χ0) is 15.0. The fourth-order valence-electron chi connectivity index (χ4n) is 2.33. The van der Waals surface area contributed by atoms with E-state index in [1.54, 1.807) is 0 Å². The fourth-order valence-corrected chi connectivity index (χ4v) is 5.81. The van der Waals surface area contributed by atoms with Gasteiger partial charge in [0.15, 0.2) is 9.84 Å². The van der Waals surface area contributed by atoms with Crippen LogP contribution in [0.1, 0.15) is 32.6 Å². The molecule has 0 aromatic carbocycles. The number of aliphatic hydroxyl groups is 1. The summed E-state index contributed by atoms with van der Waals surface area (Å²) in [6, 6.07) is 0. The highest BCUT2D eigenvalue weighted by Gasteiger charge is 2.28. The number of nitrogens with one attached hydrogen (secondary N) is 1. The van der Waals surface area contributed by atoms with Crippen LogP contribution in [0.3, 0.4) is 0 Å². The number of carbonyl (C=O) groups is 1. The first-order valence-corrected chi connectivity index (χ1v) is 10.0. The van der Waals surface area contributed by atoms with Gasteiger partial charge in [0.05, 0.1) is 17.3 Å². The summed E-state index contributed by atoms with van der Waals surface area (Å²) in [5, 5.41) is 11.9. The van der Waals surface area contributed by atoms with Gasteiger partial charge in [-0.2, -0.15) is 0 Å². The minimum absolute atomic E-state index is 0.0432. The van der Waals surface area contributed by atoms with Crippen molar-refractivity contribution in [1.82, 2.24) is 5.32 Å². The van der Waals surface area contributed by atoms with Crippen molar-refractivity contribution in [3.8, 4) is 0 Å². The second-order valence-electron chi connectivity index (χ2n) is 5.31. The Morgan fingerprint density at radius 3 is 2.75 bits per heavy atom. The maximum atomic E-state index is 11.7. The lowest BCUT2D eigenvalue weighted by Crippen LogP contribution is -2.31. The van der Waals surface area contributed by atoms with Crippen LogP contribution in [0.5, 0.6) is 0 Å². The lowest BCUT2D eigenvalue weighted by Gasteiger charge is -2.16. The molecule has 1 saturated heterocycles. The highest BCUT2D eigenvalue weighted by molar-refractivity contribution is 8.02. The Bertz CT molecular complexity index is 391. The van der Waals surface area contributed by atoms with Gasteiger partial charge in [-0.25, -0.2) is 8.42 Å². The predicted molar refractivity (Wildman–Crippen MR) is 82.6 cm³/mol. The van der Waals surface area contributed by atoms with Gasteiger partial charge in [-0.3, -0.25) is 4.79 Å². The van der Waals surface area contributed by atoms with Crippen molar-refractivity contribution in [3.63, 3.8) is 0 Å². The van der Waals surface area contributed by atoms with Gasteiger partial charge in [-0.1, -0.05) is 13.3 Å². The Balaban J connectivity index is 2.19. The minimum atomic E-state index is -2.86. The van der Waals surface area contributed by atoms with Crippen molar-refractivity contribution in [2.45, 2.75) is 37.9 Å². The van der Waals surface area contributed by atoms with Crippen LogP contribution in [-0.4, -0.2) is 55.1 Å².